The number of hydrogen-bond donors (Lipinski definition) is 1. The average molecular weight is 312 g/mol. The Morgan fingerprint density at radius 3 is 2.52 bits per heavy atom. The van der Waals surface area contributed by atoms with Crippen molar-refractivity contribution in [1.82, 2.24) is 14.7 Å². The summed E-state index contributed by atoms with van der Waals surface area (Å²) in [7, 11) is -3.77. The maximum Gasteiger partial charge on any atom is 0.283 e. The van der Waals surface area contributed by atoms with Crippen molar-refractivity contribution in [3.63, 3.8) is 0 Å². The maximum absolute atomic E-state index is 12.3. The number of aryl methyl sites for hydroxylation is 2. The van der Waals surface area contributed by atoms with Gasteiger partial charge in [-0.3, -0.25) is 0 Å². The topological polar surface area (TPSA) is 90.0 Å². The van der Waals surface area contributed by atoms with Crippen molar-refractivity contribution in [2.24, 2.45) is 0 Å². The molecule has 0 aliphatic heterocycles. The highest BCUT2D eigenvalue weighted by Gasteiger charge is 2.24. The van der Waals surface area contributed by atoms with Gasteiger partial charge in [0, 0.05) is 24.2 Å². The number of rotatable bonds is 4. The molecule has 116 valence electrons. The summed E-state index contributed by atoms with van der Waals surface area (Å²) in [4.78, 5) is 4.06. The summed E-state index contributed by atoms with van der Waals surface area (Å²) in [5.41, 5.74) is 0.462. The second-order valence-electron chi connectivity index (χ2n) is 5.84. The Morgan fingerprint density at radius 2 is 2.05 bits per heavy atom. The molecule has 2 aromatic rings. The lowest BCUT2D eigenvalue weighted by molar-refractivity contribution is 0.405. The fourth-order valence-electron chi connectivity index (χ4n) is 1.79. The molecule has 0 amide bonds. The molecule has 0 radical (unpaired) electrons. The molecule has 8 heteroatoms. The minimum Gasteiger partial charge on any atom is -0.338 e. The number of imidazole rings is 1. The van der Waals surface area contributed by atoms with Gasteiger partial charge in [-0.1, -0.05) is 25.9 Å². The number of anilines is 1. The molecule has 0 saturated heterocycles. The van der Waals surface area contributed by atoms with Gasteiger partial charge in [0.1, 0.15) is 5.82 Å². The van der Waals surface area contributed by atoms with Crippen LogP contribution in [0, 0.1) is 6.92 Å². The molecule has 0 aliphatic carbocycles. The van der Waals surface area contributed by atoms with Crippen molar-refractivity contribution in [2.45, 2.75) is 51.6 Å². The zero-order valence-corrected chi connectivity index (χ0v) is 13.7. The van der Waals surface area contributed by atoms with Gasteiger partial charge in [0.05, 0.1) is 5.69 Å². The van der Waals surface area contributed by atoms with Gasteiger partial charge in [-0.15, -0.1) is 0 Å². The number of aromatic nitrogens is 3. The molecular formula is C13H20N4O3S. The molecular weight excluding hydrogens is 292 g/mol. The summed E-state index contributed by atoms with van der Waals surface area (Å²) >= 11 is 0. The first kappa shape index (κ1) is 15.6. The van der Waals surface area contributed by atoms with Crippen LogP contribution in [0.15, 0.2) is 21.8 Å². The van der Waals surface area contributed by atoms with Crippen LogP contribution in [-0.2, 0) is 22.0 Å². The highest BCUT2D eigenvalue weighted by molar-refractivity contribution is 7.92. The van der Waals surface area contributed by atoms with Gasteiger partial charge < -0.3 is 9.09 Å². The van der Waals surface area contributed by atoms with Gasteiger partial charge in [0.15, 0.2) is 5.03 Å². The zero-order chi connectivity index (χ0) is 15.8. The minimum absolute atomic E-state index is 0.0319. The van der Waals surface area contributed by atoms with Crippen molar-refractivity contribution >= 4 is 15.9 Å². The summed E-state index contributed by atoms with van der Waals surface area (Å²) < 4.78 is 33.7. The highest BCUT2D eigenvalue weighted by Crippen LogP contribution is 2.25. The van der Waals surface area contributed by atoms with Crippen LogP contribution in [0.4, 0.5) is 5.88 Å². The van der Waals surface area contributed by atoms with E-state index in [1.165, 1.54) is 6.20 Å². The van der Waals surface area contributed by atoms with E-state index in [-0.39, 0.29) is 16.3 Å². The van der Waals surface area contributed by atoms with E-state index in [1.807, 2.05) is 27.7 Å². The van der Waals surface area contributed by atoms with Gasteiger partial charge in [-0.05, 0) is 13.8 Å². The first-order valence-electron chi connectivity index (χ1n) is 6.67. The Bertz CT molecular complexity index is 738. The van der Waals surface area contributed by atoms with E-state index in [0.29, 0.717) is 18.1 Å². The van der Waals surface area contributed by atoms with E-state index >= 15 is 0 Å². The molecule has 0 spiro atoms. The summed E-state index contributed by atoms with van der Waals surface area (Å²) in [5, 5.41) is 3.84. The average Bonchev–Trinajstić information content (AvgIpc) is 2.94. The molecule has 7 nitrogen and oxygen atoms in total. The second-order valence-corrected chi connectivity index (χ2v) is 7.47. The smallest absolute Gasteiger partial charge is 0.283 e. The van der Waals surface area contributed by atoms with E-state index in [9.17, 15) is 8.42 Å². The summed E-state index contributed by atoms with van der Waals surface area (Å²) in [6.45, 7) is 10.2. The number of nitrogens with one attached hydrogen (secondary N) is 1. The van der Waals surface area contributed by atoms with Gasteiger partial charge in [-0.2, -0.15) is 8.42 Å². The van der Waals surface area contributed by atoms with Gasteiger partial charge in [-0.25, -0.2) is 9.71 Å². The monoisotopic (exact) mass is 312 g/mol. The van der Waals surface area contributed by atoms with Crippen LogP contribution in [0.25, 0.3) is 0 Å². The Balaban J connectivity index is 2.27. The SMILES string of the molecule is CCn1cc(S(=O)(=O)Nc2cc(C(C)(C)C)no2)nc1C. The van der Waals surface area contributed by atoms with Crippen molar-refractivity contribution < 1.29 is 12.9 Å². The number of hydrogen-bond acceptors (Lipinski definition) is 5. The lowest BCUT2D eigenvalue weighted by Gasteiger charge is -2.12. The second kappa shape index (κ2) is 5.18. The molecule has 0 aliphatic rings. The molecule has 0 fully saturated rings. The number of nitrogens with zero attached hydrogens (tertiary/aromatic N) is 3. The quantitative estimate of drug-likeness (QED) is 0.935. The fraction of sp³-hybridized carbons (Fsp3) is 0.538. The largest absolute Gasteiger partial charge is 0.338 e. The standard InChI is InChI=1S/C13H20N4O3S/c1-6-17-8-12(14-9(17)2)21(18,19)16-11-7-10(15-20-11)13(3,4)5/h7-8,16H,6H2,1-5H3. The molecule has 2 aromatic heterocycles. The van der Waals surface area contributed by atoms with Crippen molar-refractivity contribution in [3.8, 4) is 0 Å². The van der Waals surface area contributed by atoms with Crippen molar-refractivity contribution in [1.29, 1.82) is 0 Å². The highest BCUT2D eigenvalue weighted by atomic mass is 32.2. The molecule has 0 atom stereocenters. The molecule has 21 heavy (non-hydrogen) atoms. The summed E-state index contributed by atoms with van der Waals surface area (Å²) in [6, 6.07) is 1.58. The third-order valence-corrected chi connectivity index (χ3v) is 4.30. The van der Waals surface area contributed by atoms with E-state index in [2.05, 4.69) is 14.9 Å². The molecule has 0 bridgehead atoms. The maximum atomic E-state index is 12.3. The number of sulfonamides is 1. The van der Waals surface area contributed by atoms with Crippen LogP contribution in [0.1, 0.15) is 39.2 Å². The third kappa shape index (κ3) is 3.26. The van der Waals surface area contributed by atoms with Crippen LogP contribution < -0.4 is 4.72 Å². The zero-order valence-electron chi connectivity index (χ0n) is 12.8. The molecule has 0 aromatic carbocycles. The first-order chi connectivity index (χ1) is 9.63. The van der Waals surface area contributed by atoms with E-state index in [4.69, 9.17) is 4.52 Å². The Hall–Kier alpha value is -1.83. The molecule has 1 N–H and O–H groups in total. The first-order valence-corrected chi connectivity index (χ1v) is 8.15. The third-order valence-electron chi connectivity index (χ3n) is 3.08. The van der Waals surface area contributed by atoms with E-state index in [0.717, 1.165) is 0 Å². The van der Waals surface area contributed by atoms with Gasteiger partial charge in [0.25, 0.3) is 10.0 Å². The lowest BCUT2D eigenvalue weighted by atomic mass is 9.92. The lowest BCUT2D eigenvalue weighted by Crippen LogP contribution is -2.13. The van der Waals surface area contributed by atoms with Crippen molar-refractivity contribution in [2.75, 3.05) is 4.72 Å². The molecule has 0 unspecified atom stereocenters. The Morgan fingerprint density at radius 1 is 1.38 bits per heavy atom. The minimum atomic E-state index is -3.77. The van der Waals surface area contributed by atoms with Crippen LogP contribution in [0.2, 0.25) is 0 Å². The van der Waals surface area contributed by atoms with Crippen LogP contribution in [0.3, 0.4) is 0 Å². The predicted molar refractivity (Wildman–Crippen MR) is 78.6 cm³/mol. The molecule has 2 heterocycles. The van der Waals surface area contributed by atoms with E-state index in [1.54, 1.807) is 17.6 Å². The van der Waals surface area contributed by atoms with Crippen molar-refractivity contribution in [3.05, 3.63) is 23.8 Å². The van der Waals surface area contributed by atoms with Crippen LogP contribution in [-0.4, -0.2) is 23.1 Å². The summed E-state index contributed by atoms with van der Waals surface area (Å²) in [6.07, 6.45) is 1.50. The Labute approximate surface area is 124 Å². The summed E-state index contributed by atoms with van der Waals surface area (Å²) in [5.74, 6) is 0.731. The normalized spacial score (nSPS) is 12.6. The predicted octanol–water partition coefficient (Wildman–Crippen LogP) is 2.30. The fourth-order valence-corrected chi connectivity index (χ4v) is 2.77. The molecule has 0 saturated carbocycles. The van der Waals surface area contributed by atoms with Crippen LogP contribution in [0.5, 0.6) is 0 Å². The molecule has 2 rings (SSSR count). The van der Waals surface area contributed by atoms with Gasteiger partial charge in [0.2, 0.25) is 5.88 Å². The van der Waals surface area contributed by atoms with E-state index < -0.39 is 10.0 Å². The van der Waals surface area contributed by atoms with Gasteiger partial charge >= 0.3 is 0 Å². The Kier molecular flexibility index (Phi) is 3.83. The van der Waals surface area contributed by atoms with Crippen LogP contribution >= 0.6 is 0 Å².